The third kappa shape index (κ3) is 2.15. The Bertz CT molecular complexity index is 243. The van der Waals surface area contributed by atoms with Crippen molar-refractivity contribution in [3.8, 4) is 0 Å². The van der Waals surface area contributed by atoms with Crippen LogP contribution in [0.4, 0.5) is 0 Å². The average molecular weight is 198 g/mol. The number of hydrogen-bond acceptors (Lipinski definition) is 3. The SMILES string of the molecule is COC(CCCN)(OC)c1cc[nH]c1. The van der Waals surface area contributed by atoms with Crippen LogP contribution in [0.3, 0.4) is 0 Å². The van der Waals surface area contributed by atoms with Gasteiger partial charge in [-0.15, -0.1) is 0 Å². The van der Waals surface area contributed by atoms with Crippen LogP contribution in [0.15, 0.2) is 18.5 Å². The smallest absolute Gasteiger partial charge is 0.195 e. The number of methoxy groups -OCH3 is 2. The van der Waals surface area contributed by atoms with E-state index in [2.05, 4.69) is 4.98 Å². The molecule has 4 nitrogen and oxygen atoms in total. The van der Waals surface area contributed by atoms with E-state index in [1.807, 2.05) is 18.5 Å². The molecule has 80 valence electrons. The molecule has 0 fully saturated rings. The topological polar surface area (TPSA) is 60.3 Å². The molecular weight excluding hydrogens is 180 g/mol. The van der Waals surface area contributed by atoms with Gasteiger partial charge in [-0.25, -0.2) is 0 Å². The molecule has 0 bridgehead atoms. The Labute approximate surface area is 84.4 Å². The zero-order chi connectivity index (χ0) is 10.4. The van der Waals surface area contributed by atoms with E-state index in [0.29, 0.717) is 6.54 Å². The third-order valence-electron chi connectivity index (χ3n) is 2.41. The number of aromatic nitrogens is 1. The van der Waals surface area contributed by atoms with Crippen molar-refractivity contribution in [2.75, 3.05) is 20.8 Å². The number of nitrogens with one attached hydrogen (secondary N) is 1. The zero-order valence-corrected chi connectivity index (χ0v) is 8.75. The summed E-state index contributed by atoms with van der Waals surface area (Å²) in [7, 11) is 3.29. The van der Waals surface area contributed by atoms with Gasteiger partial charge in [0.2, 0.25) is 0 Å². The van der Waals surface area contributed by atoms with Crippen LogP contribution in [0.1, 0.15) is 18.4 Å². The van der Waals surface area contributed by atoms with Crippen molar-refractivity contribution < 1.29 is 9.47 Å². The molecule has 1 aromatic heterocycles. The van der Waals surface area contributed by atoms with Crippen LogP contribution in [-0.4, -0.2) is 25.7 Å². The van der Waals surface area contributed by atoms with Gasteiger partial charge in [0.15, 0.2) is 5.79 Å². The Balaban J connectivity index is 2.80. The molecule has 0 aliphatic rings. The first-order valence-electron chi connectivity index (χ1n) is 4.72. The van der Waals surface area contributed by atoms with E-state index in [-0.39, 0.29) is 0 Å². The lowest BCUT2D eigenvalue weighted by Gasteiger charge is -2.30. The van der Waals surface area contributed by atoms with Gasteiger partial charge in [0, 0.05) is 38.6 Å². The summed E-state index contributed by atoms with van der Waals surface area (Å²) in [5.74, 6) is -0.653. The lowest BCUT2D eigenvalue weighted by molar-refractivity contribution is -0.220. The highest BCUT2D eigenvalue weighted by Crippen LogP contribution is 2.30. The quantitative estimate of drug-likeness (QED) is 0.675. The van der Waals surface area contributed by atoms with Crippen LogP contribution in [0, 0.1) is 0 Å². The van der Waals surface area contributed by atoms with Gasteiger partial charge in [-0.3, -0.25) is 0 Å². The molecule has 0 unspecified atom stereocenters. The molecule has 0 radical (unpaired) electrons. The number of nitrogens with two attached hydrogens (primary N) is 1. The molecular formula is C10H18N2O2. The van der Waals surface area contributed by atoms with Crippen LogP contribution in [0.5, 0.6) is 0 Å². The summed E-state index contributed by atoms with van der Waals surface area (Å²) in [6.07, 6.45) is 5.36. The molecule has 0 aromatic carbocycles. The highest BCUT2D eigenvalue weighted by Gasteiger charge is 2.31. The summed E-state index contributed by atoms with van der Waals surface area (Å²) in [4.78, 5) is 2.99. The first-order chi connectivity index (χ1) is 6.79. The lowest BCUT2D eigenvalue weighted by Crippen LogP contribution is -2.31. The van der Waals surface area contributed by atoms with Crippen LogP contribution >= 0.6 is 0 Å². The number of hydrogen-bond donors (Lipinski definition) is 2. The van der Waals surface area contributed by atoms with E-state index in [0.717, 1.165) is 18.4 Å². The third-order valence-corrected chi connectivity index (χ3v) is 2.41. The largest absolute Gasteiger partial charge is 0.367 e. The maximum Gasteiger partial charge on any atom is 0.195 e. The van der Waals surface area contributed by atoms with Crippen molar-refractivity contribution in [3.05, 3.63) is 24.0 Å². The van der Waals surface area contributed by atoms with Crippen LogP contribution in [0.2, 0.25) is 0 Å². The Morgan fingerprint density at radius 3 is 2.57 bits per heavy atom. The summed E-state index contributed by atoms with van der Waals surface area (Å²) in [5.41, 5.74) is 6.48. The van der Waals surface area contributed by atoms with Crippen molar-refractivity contribution in [2.24, 2.45) is 5.73 Å². The highest BCUT2D eigenvalue weighted by atomic mass is 16.7. The zero-order valence-electron chi connectivity index (χ0n) is 8.75. The number of ether oxygens (including phenoxy) is 2. The maximum atomic E-state index is 5.48. The maximum absolute atomic E-state index is 5.48. The average Bonchev–Trinajstić information content (AvgIpc) is 2.74. The molecule has 0 saturated heterocycles. The molecule has 14 heavy (non-hydrogen) atoms. The second-order valence-corrected chi connectivity index (χ2v) is 3.15. The number of H-pyrrole nitrogens is 1. The summed E-state index contributed by atoms with van der Waals surface area (Å²) in [6.45, 7) is 0.638. The van der Waals surface area contributed by atoms with Crippen molar-refractivity contribution >= 4 is 0 Å². The van der Waals surface area contributed by atoms with Gasteiger partial charge < -0.3 is 20.2 Å². The molecule has 0 spiro atoms. The van der Waals surface area contributed by atoms with E-state index in [4.69, 9.17) is 15.2 Å². The van der Waals surface area contributed by atoms with E-state index >= 15 is 0 Å². The summed E-state index contributed by atoms with van der Waals surface area (Å²) in [5, 5.41) is 0. The van der Waals surface area contributed by atoms with Gasteiger partial charge in [-0.2, -0.15) is 0 Å². The van der Waals surface area contributed by atoms with E-state index in [1.54, 1.807) is 14.2 Å². The minimum atomic E-state index is -0.653. The second-order valence-electron chi connectivity index (χ2n) is 3.15. The van der Waals surface area contributed by atoms with Crippen molar-refractivity contribution in [3.63, 3.8) is 0 Å². The van der Waals surface area contributed by atoms with Crippen molar-refractivity contribution in [1.29, 1.82) is 0 Å². The molecule has 1 rings (SSSR count). The molecule has 1 heterocycles. The minimum Gasteiger partial charge on any atom is -0.367 e. The minimum absolute atomic E-state index is 0.638. The predicted molar refractivity (Wildman–Crippen MR) is 54.8 cm³/mol. The van der Waals surface area contributed by atoms with Crippen LogP contribution in [0.25, 0.3) is 0 Å². The van der Waals surface area contributed by atoms with Crippen LogP contribution in [-0.2, 0) is 15.3 Å². The molecule has 0 aliphatic heterocycles. The van der Waals surface area contributed by atoms with E-state index < -0.39 is 5.79 Å². The Morgan fingerprint density at radius 2 is 2.14 bits per heavy atom. The van der Waals surface area contributed by atoms with Gasteiger partial charge >= 0.3 is 0 Å². The van der Waals surface area contributed by atoms with Gasteiger partial charge in [0.1, 0.15) is 0 Å². The standard InChI is InChI=1S/C10H18N2O2/c1-13-10(14-2,5-3-6-11)9-4-7-12-8-9/h4,7-8,12H,3,5-6,11H2,1-2H3. The summed E-state index contributed by atoms with van der Waals surface area (Å²) >= 11 is 0. The summed E-state index contributed by atoms with van der Waals surface area (Å²) < 4.78 is 10.9. The molecule has 0 atom stereocenters. The van der Waals surface area contributed by atoms with Gasteiger partial charge in [-0.05, 0) is 19.0 Å². The monoisotopic (exact) mass is 198 g/mol. The predicted octanol–water partition coefficient (Wildman–Crippen LogP) is 1.20. The fourth-order valence-electron chi connectivity index (χ4n) is 1.56. The van der Waals surface area contributed by atoms with Gasteiger partial charge in [0.25, 0.3) is 0 Å². The Kier molecular flexibility index (Phi) is 4.13. The fourth-order valence-corrected chi connectivity index (χ4v) is 1.56. The van der Waals surface area contributed by atoms with E-state index in [9.17, 15) is 0 Å². The van der Waals surface area contributed by atoms with Gasteiger partial charge in [0.05, 0.1) is 0 Å². The molecule has 1 aromatic rings. The molecule has 3 N–H and O–H groups in total. The lowest BCUT2D eigenvalue weighted by atomic mass is 10.0. The normalized spacial score (nSPS) is 11.9. The molecule has 0 saturated carbocycles. The Hall–Kier alpha value is -0.840. The second kappa shape index (κ2) is 5.14. The molecule has 0 amide bonds. The fraction of sp³-hybridized carbons (Fsp3) is 0.600. The Morgan fingerprint density at radius 1 is 1.43 bits per heavy atom. The molecule has 4 heteroatoms. The highest BCUT2D eigenvalue weighted by molar-refractivity contribution is 5.15. The molecule has 0 aliphatic carbocycles. The first kappa shape index (κ1) is 11.2. The van der Waals surface area contributed by atoms with E-state index in [1.165, 1.54) is 0 Å². The number of aromatic amines is 1. The van der Waals surface area contributed by atoms with Crippen LogP contribution < -0.4 is 5.73 Å². The van der Waals surface area contributed by atoms with Crippen molar-refractivity contribution in [2.45, 2.75) is 18.6 Å². The number of rotatable bonds is 6. The van der Waals surface area contributed by atoms with Crippen molar-refractivity contribution in [1.82, 2.24) is 4.98 Å². The van der Waals surface area contributed by atoms with Gasteiger partial charge in [-0.1, -0.05) is 0 Å². The summed E-state index contributed by atoms with van der Waals surface area (Å²) in [6, 6.07) is 1.95. The first-order valence-corrected chi connectivity index (χ1v) is 4.72.